The van der Waals surface area contributed by atoms with Gasteiger partial charge in [-0.1, -0.05) is 6.07 Å². The number of nitrogens with zero attached hydrogens (tertiary/aromatic N) is 2. The summed E-state index contributed by atoms with van der Waals surface area (Å²) in [4.78, 5) is 12.5. The number of amides is 1. The van der Waals surface area contributed by atoms with Gasteiger partial charge < -0.3 is 16.2 Å². The van der Waals surface area contributed by atoms with E-state index in [1.54, 1.807) is 18.2 Å². The predicted molar refractivity (Wildman–Crippen MR) is 71.6 cm³/mol. The smallest absolute Gasteiger partial charge is 0.408 e. The molecule has 1 atom stereocenters. The van der Waals surface area contributed by atoms with Crippen LogP contribution < -0.4 is 11.1 Å². The Morgan fingerprint density at radius 3 is 3.00 bits per heavy atom. The molecule has 1 heterocycles. The zero-order valence-corrected chi connectivity index (χ0v) is 10.5. The lowest BCUT2D eigenvalue weighted by molar-refractivity contribution is 0.115. The van der Waals surface area contributed by atoms with Crippen LogP contribution in [0.15, 0.2) is 18.2 Å². The standard InChI is InChI=1S/C13H16N4O2/c14-8-9-4-3-5-10(12(9)15)16-11-6-1-2-7-17(11)13(18)19/h3-5,11,16H,1-2,6-7,15H2,(H,18,19). The van der Waals surface area contributed by atoms with Crippen LogP contribution in [-0.2, 0) is 0 Å². The molecule has 1 fully saturated rings. The summed E-state index contributed by atoms with van der Waals surface area (Å²) in [6.45, 7) is 0.519. The van der Waals surface area contributed by atoms with Crippen LogP contribution in [-0.4, -0.2) is 28.8 Å². The molecule has 1 aromatic carbocycles. The second kappa shape index (κ2) is 5.48. The zero-order chi connectivity index (χ0) is 13.8. The van der Waals surface area contributed by atoms with Gasteiger partial charge in [-0.15, -0.1) is 0 Å². The molecule has 0 saturated carbocycles. The summed E-state index contributed by atoms with van der Waals surface area (Å²) in [7, 11) is 0. The van der Waals surface area contributed by atoms with Gasteiger partial charge in [0.05, 0.1) is 16.9 Å². The molecular weight excluding hydrogens is 244 g/mol. The number of nitriles is 1. The van der Waals surface area contributed by atoms with E-state index < -0.39 is 6.09 Å². The van der Waals surface area contributed by atoms with Gasteiger partial charge in [-0.3, -0.25) is 4.90 Å². The van der Waals surface area contributed by atoms with Crippen LogP contribution in [0.5, 0.6) is 0 Å². The lowest BCUT2D eigenvalue weighted by Crippen LogP contribution is -2.47. The number of carbonyl (C=O) groups is 1. The van der Waals surface area contributed by atoms with E-state index >= 15 is 0 Å². The van der Waals surface area contributed by atoms with E-state index in [9.17, 15) is 4.79 Å². The van der Waals surface area contributed by atoms with Crippen molar-refractivity contribution in [2.24, 2.45) is 0 Å². The largest absolute Gasteiger partial charge is 0.465 e. The van der Waals surface area contributed by atoms with Crippen molar-refractivity contribution in [1.82, 2.24) is 4.90 Å². The van der Waals surface area contributed by atoms with E-state index in [0.717, 1.165) is 19.3 Å². The number of carboxylic acid groups (broad SMARTS) is 1. The lowest BCUT2D eigenvalue weighted by atomic mass is 10.1. The number of piperidine rings is 1. The van der Waals surface area contributed by atoms with E-state index in [0.29, 0.717) is 23.5 Å². The highest BCUT2D eigenvalue weighted by Crippen LogP contribution is 2.26. The average molecular weight is 260 g/mol. The third-order valence-electron chi connectivity index (χ3n) is 3.30. The molecule has 1 unspecified atom stereocenters. The van der Waals surface area contributed by atoms with Gasteiger partial charge in [-0.25, -0.2) is 4.79 Å². The quantitative estimate of drug-likeness (QED) is 0.706. The normalized spacial score (nSPS) is 18.7. The fourth-order valence-electron chi connectivity index (χ4n) is 2.28. The molecule has 0 bridgehead atoms. The predicted octanol–water partition coefficient (Wildman–Crippen LogP) is 2.04. The van der Waals surface area contributed by atoms with Gasteiger partial charge >= 0.3 is 6.09 Å². The van der Waals surface area contributed by atoms with Crippen LogP contribution in [0, 0.1) is 11.3 Å². The molecule has 19 heavy (non-hydrogen) atoms. The Kier molecular flexibility index (Phi) is 3.76. The molecule has 6 nitrogen and oxygen atoms in total. The van der Waals surface area contributed by atoms with Crippen molar-refractivity contribution < 1.29 is 9.90 Å². The molecule has 1 aromatic rings. The van der Waals surface area contributed by atoms with Gasteiger partial charge in [-0.2, -0.15) is 5.26 Å². The Labute approximate surface area is 111 Å². The van der Waals surface area contributed by atoms with Crippen LogP contribution in [0.1, 0.15) is 24.8 Å². The molecule has 4 N–H and O–H groups in total. The van der Waals surface area contributed by atoms with Crippen molar-refractivity contribution in [1.29, 1.82) is 5.26 Å². The summed E-state index contributed by atoms with van der Waals surface area (Å²) >= 11 is 0. The van der Waals surface area contributed by atoms with Crippen molar-refractivity contribution >= 4 is 17.5 Å². The van der Waals surface area contributed by atoms with Gasteiger partial charge in [0.25, 0.3) is 0 Å². The van der Waals surface area contributed by atoms with Crippen molar-refractivity contribution in [2.75, 3.05) is 17.6 Å². The van der Waals surface area contributed by atoms with Crippen LogP contribution in [0.4, 0.5) is 16.2 Å². The molecule has 1 aliphatic heterocycles. The lowest BCUT2D eigenvalue weighted by Gasteiger charge is -2.34. The first kappa shape index (κ1) is 13.0. The highest BCUT2D eigenvalue weighted by molar-refractivity contribution is 5.74. The summed E-state index contributed by atoms with van der Waals surface area (Å²) in [5.74, 6) is 0. The van der Waals surface area contributed by atoms with Crippen molar-refractivity contribution in [3.8, 4) is 6.07 Å². The maximum Gasteiger partial charge on any atom is 0.408 e. The Balaban J connectivity index is 2.20. The van der Waals surface area contributed by atoms with E-state index in [1.807, 2.05) is 6.07 Å². The van der Waals surface area contributed by atoms with Crippen molar-refractivity contribution in [3.63, 3.8) is 0 Å². The number of benzene rings is 1. The van der Waals surface area contributed by atoms with Crippen molar-refractivity contribution in [2.45, 2.75) is 25.4 Å². The van der Waals surface area contributed by atoms with Gasteiger partial charge in [0.2, 0.25) is 0 Å². The summed E-state index contributed by atoms with van der Waals surface area (Å²) in [5.41, 5.74) is 7.24. The SMILES string of the molecule is N#Cc1cccc(NC2CCCCN2C(=O)O)c1N. The highest BCUT2D eigenvalue weighted by atomic mass is 16.4. The molecule has 1 amide bonds. The van der Waals surface area contributed by atoms with E-state index in [2.05, 4.69) is 5.32 Å². The van der Waals surface area contributed by atoms with E-state index in [-0.39, 0.29) is 6.17 Å². The average Bonchev–Trinajstić information content (AvgIpc) is 2.41. The summed E-state index contributed by atoms with van der Waals surface area (Å²) in [5, 5.41) is 21.2. The first-order valence-corrected chi connectivity index (χ1v) is 6.18. The number of nitrogen functional groups attached to an aromatic ring is 1. The Bertz CT molecular complexity index is 524. The molecule has 0 spiro atoms. The third-order valence-corrected chi connectivity index (χ3v) is 3.30. The second-order valence-electron chi connectivity index (χ2n) is 4.51. The molecule has 1 saturated heterocycles. The van der Waals surface area contributed by atoms with Crippen LogP contribution in [0.25, 0.3) is 0 Å². The number of anilines is 2. The fraction of sp³-hybridized carbons (Fsp3) is 0.385. The summed E-state index contributed by atoms with van der Waals surface area (Å²) < 4.78 is 0. The molecule has 0 aliphatic carbocycles. The second-order valence-corrected chi connectivity index (χ2v) is 4.51. The van der Waals surface area contributed by atoms with Crippen LogP contribution >= 0.6 is 0 Å². The number of hydrogen-bond acceptors (Lipinski definition) is 4. The van der Waals surface area contributed by atoms with Gasteiger partial charge in [0.15, 0.2) is 0 Å². The molecule has 1 aliphatic rings. The van der Waals surface area contributed by atoms with Crippen LogP contribution in [0.3, 0.4) is 0 Å². The minimum absolute atomic E-state index is 0.289. The monoisotopic (exact) mass is 260 g/mol. The molecule has 6 heteroatoms. The first-order valence-electron chi connectivity index (χ1n) is 6.18. The summed E-state index contributed by atoms with van der Waals surface area (Å²) in [6.07, 6.45) is 1.36. The highest BCUT2D eigenvalue weighted by Gasteiger charge is 2.26. The topological polar surface area (TPSA) is 102 Å². The van der Waals surface area contributed by atoms with Crippen LogP contribution in [0.2, 0.25) is 0 Å². The zero-order valence-electron chi connectivity index (χ0n) is 10.5. The number of rotatable bonds is 2. The molecule has 0 aromatic heterocycles. The molecule has 100 valence electrons. The molecule has 0 radical (unpaired) electrons. The maximum atomic E-state index is 11.2. The van der Waals surface area contributed by atoms with E-state index in [4.69, 9.17) is 16.1 Å². The molecule has 2 rings (SSSR count). The number of hydrogen-bond donors (Lipinski definition) is 3. The number of nitrogens with two attached hydrogens (primary N) is 1. The molecular formula is C13H16N4O2. The van der Waals surface area contributed by atoms with Gasteiger partial charge in [0, 0.05) is 6.54 Å². The third kappa shape index (κ3) is 2.71. The van der Waals surface area contributed by atoms with E-state index in [1.165, 1.54) is 4.90 Å². The Morgan fingerprint density at radius 1 is 1.53 bits per heavy atom. The minimum Gasteiger partial charge on any atom is -0.465 e. The minimum atomic E-state index is -0.938. The number of likely N-dealkylation sites (tertiary alicyclic amines) is 1. The summed E-state index contributed by atoms with van der Waals surface area (Å²) in [6, 6.07) is 7.13. The Morgan fingerprint density at radius 2 is 2.32 bits per heavy atom. The maximum absolute atomic E-state index is 11.2. The number of nitrogens with one attached hydrogen (secondary N) is 1. The first-order chi connectivity index (χ1) is 9.13. The Hall–Kier alpha value is -2.42. The number of para-hydroxylation sites is 1. The van der Waals surface area contributed by atoms with Gasteiger partial charge in [0.1, 0.15) is 12.2 Å². The fourth-order valence-corrected chi connectivity index (χ4v) is 2.28. The van der Waals surface area contributed by atoms with Gasteiger partial charge in [-0.05, 0) is 31.4 Å². The van der Waals surface area contributed by atoms with Crippen molar-refractivity contribution in [3.05, 3.63) is 23.8 Å².